The number of carbonyl (C=O) groups excluding carboxylic acids is 1. The maximum Gasteiger partial charge on any atom is 0.237 e. The molecule has 0 heterocycles. The molecule has 0 spiro atoms. The minimum Gasteiger partial charge on any atom is -0.393 e. The minimum atomic E-state index is -0.234. The zero-order valence-corrected chi connectivity index (χ0v) is 10.4. The quantitative estimate of drug-likeness (QED) is 0.602. The van der Waals surface area contributed by atoms with E-state index in [1.165, 1.54) is 0 Å². The van der Waals surface area contributed by atoms with E-state index in [0.29, 0.717) is 5.92 Å². The van der Waals surface area contributed by atoms with Crippen LogP contribution in [0.25, 0.3) is 0 Å². The summed E-state index contributed by atoms with van der Waals surface area (Å²) in [5.74, 6) is 2.78. The number of terminal acetylenes is 1. The van der Waals surface area contributed by atoms with Crippen LogP contribution in [0, 0.1) is 18.3 Å². The van der Waals surface area contributed by atoms with Crippen molar-refractivity contribution in [2.75, 3.05) is 13.1 Å². The maximum absolute atomic E-state index is 11.5. The van der Waals surface area contributed by atoms with Gasteiger partial charge in [-0.05, 0) is 38.6 Å². The van der Waals surface area contributed by atoms with Crippen LogP contribution in [-0.2, 0) is 4.79 Å². The molecule has 1 rings (SSSR count). The van der Waals surface area contributed by atoms with Crippen LogP contribution in [0.4, 0.5) is 0 Å². The molecule has 4 heteroatoms. The molecule has 1 saturated carbocycles. The highest BCUT2D eigenvalue weighted by Gasteiger charge is 2.21. The third-order valence-corrected chi connectivity index (χ3v) is 3.23. The first-order valence-electron chi connectivity index (χ1n) is 6.26. The predicted octanol–water partition coefficient (Wildman–Crippen LogP) is 0.265. The number of amides is 1. The summed E-state index contributed by atoms with van der Waals surface area (Å²) in [6, 6.07) is -0.234. The van der Waals surface area contributed by atoms with Gasteiger partial charge in [-0.3, -0.25) is 4.79 Å². The summed E-state index contributed by atoms with van der Waals surface area (Å²) >= 11 is 0. The van der Waals surface area contributed by atoms with Crippen molar-refractivity contribution in [1.82, 2.24) is 10.6 Å². The van der Waals surface area contributed by atoms with Crippen LogP contribution in [0.2, 0.25) is 0 Å². The monoisotopic (exact) mass is 238 g/mol. The van der Waals surface area contributed by atoms with Crippen LogP contribution in [0.3, 0.4) is 0 Å². The van der Waals surface area contributed by atoms with Crippen molar-refractivity contribution in [3.63, 3.8) is 0 Å². The van der Waals surface area contributed by atoms with Crippen molar-refractivity contribution in [3.05, 3.63) is 0 Å². The van der Waals surface area contributed by atoms with E-state index < -0.39 is 0 Å². The van der Waals surface area contributed by atoms with Gasteiger partial charge in [0.2, 0.25) is 5.91 Å². The van der Waals surface area contributed by atoms with Gasteiger partial charge in [-0.25, -0.2) is 0 Å². The van der Waals surface area contributed by atoms with E-state index in [2.05, 4.69) is 16.6 Å². The second-order valence-corrected chi connectivity index (χ2v) is 4.74. The van der Waals surface area contributed by atoms with Gasteiger partial charge in [0.25, 0.3) is 0 Å². The van der Waals surface area contributed by atoms with E-state index in [9.17, 15) is 9.90 Å². The third-order valence-electron chi connectivity index (χ3n) is 3.23. The van der Waals surface area contributed by atoms with Gasteiger partial charge >= 0.3 is 0 Å². The normalized spacial score (nSPS) is 25.9. The van der Waals surface area contributed by atoms with Crippen LogP contribution >= 0.6 is 0 Å². The van der Waals surface area contributed by atoms with Gasteiger partial charge in [0, 0.05) is 0 Å². The van der Waals surface area contributed by atoms with Crippen molar-refractivity contribution in [3.8, 4) is 12.3 Å². The van der Waals surface area contributed by atoms with Crippen molar-refractivity contribution in [1.29, 1.82) is 0 Å². The highest BCUT2D eigenvalue weighted by Crippen LogP contribution is 2.23. The summed E-state index contributed by atoms with van der Waals surface area (Å²) < 4.78 is 0. The molecule has 1 aliphatic rings. The van der Waals surface area contributed by atoms with E-state index >= 15 is 0 Å². The maximum atomic E-state index is 11.5. The molecule has 3 atom stereocenters. The topological polar surface area (TPSA) is 61.4 Å². The highest BCUT2D eigenvalue weighted by molar-refractivity contribution is 5.81. The molecule has 17 heavy (non-hydrogen) atoms. The molecule has 1 fully saturated rings. The molecule has 96 valence electrons. The Balaban J connectivity index is 2.20. The van der Waals surface area contributed by atoms with Crippen LogP contribution in [0.5, 0.6) is 0 Å². The van der Waals surface area contributed by atoms with E-state index in [4.69, 9.17) is 6.42 Å². The van der Waals surface area contributed by atoms with Crippen molar-refractivity contribution in [2.45, 2.75) is 44.8 Å². The van der Waals surface area contributed by atoms with E-state index in [1.54, 1.807) is 0 Å². The molecule has 1 aliphatic carbocycles. The van der Waals surface area contributed by atoms with Crippen LogP contribution in [-0.4, -0.2) is 36.2 Å². The van der Waals surface area contributed by atoms with E-state index in [0.717, 1.165) is 32.2 Å². The minimum absolute atomic E-state index is 0.0701. The van der Waals surface area contributed by atoms with Crippen LogP contribution < -0.4 is 10.6 Å². The first-order valence-corrected chi connectivity index (χ1v) is 6.26. The average molecular weight is 238 g/mol. The van der Waals surface area contributed by atoms with Gasteiger partial charge in [-0.1, -0.05) is 12.3 Å². The van der Waals surface area contributed by atoms with Gasteiger partial charge in [0.1, 0.15) is 0 Å². The molecule has 0 radical (unpaired) electrons. The lowest BCUT2D eigenvalue weighted by Gasteiger charge is -2.27. The Kier molecular flexibility index (Phi) is 6.03. The lowest BCUT2D eigenvalue weighted by atomic mass is 9.87. The lowest BCUT2D eigenvalue weighted by Crippen LogP contribution is -2.44. The molecule has 1 amide bonds. The number of carbonyl (C=O) groups is 1. The molecule has 3 N–H and O–H groups in total. The molecule has 0 aromatic heterocycles. The Labute approximate surface area is 103 Å². The summed E-state index contributed by atoms with van der Waals surface area (Å²) in [5.41, 5.74) is 0. The fourth-order valence-corrected chi connectivity index (χ4v) is 2.18. The van der Waals surface area contributed by atoms with Gasteiger partial charge in [0.15, 0.2) is 0 Å². The number of hydrogen-bond donors (Lipinski definition) is 3. The van der Waals surface area contributed by atoms with E-state index in [-0.39, 0.29) is 24.6 Å². The second-order valence-electron chi connectivity index (χ2n) is 4.74. The summed E-state index contributed by atoms with van der Waals surface area (Å²) in [4.78, 5) is 11.5. The van der Waals surface area contributed by atoms with Gasteiger partial charge in [0.05, 0.1) is 18.7 Å². The fourth-order valence-electron chi connectivity index (χ4n) is 2.18. The summed E-state index contributed by atoms with van der Waals surface area (Å²) in [5, 5.41) is 15.4. The van der Waals surface area contributed by atoms with Gasteiger partial charge < -0.3 is 15.7 Å². The molecule has 0 saturated heterocycles. The number of nitrogens with one attached hydrogen (secondary N) is 2. The van der Waals surface area contributed by atoms with Crippen LogP contribution in [0.1, 0.15) is 32.6 Å². The largest absolute Gasteiger partial charge is 0.393 e. The summed E-state index contributed by atoms with van der Waals surface area (Å²) in [6.07, 6.45) is 8.86. The summed E-state index contributed by atoms with van der Waals surface area (Å²) in [6.45, 7) is 2.87. The van der Waals surface area contributed by atoms with Gasteiger partial charge in [-0.2, -0.15) is 0 Å². The molecule has 4 nitrogen and oxygen atoms in total. The predicted molar refractivity (Wildman–Crippen MR) is 67.3 cm³/mol. The molecule has 0 aliphatic heterocycles. The molecular weight excluding hydrogens is 216 g/mol. The first-order chi connectivity index (χ1) is 8.13. The Bertz CT molecular complexity index is 286. The molecule has 0 aromatic rings. The molecule has 0 bridgehead atoms. The number of aliphatic hydroxyl groups is 1. The average Bonchev–Trinajstić information content (AvgIpc) is 2.33. The van der Waals surface area contributed by atoms with Crippen molar-refractivity contribution in [2.24, 2.45) is 5.92 Å². The Hall–Kier alpha value is -1.05. The SMILES string of the molecule is C#CCNC(=O)C(C)NCC1CCCC(O)C1. The summed E-state index contributed by atoms with van der Waals surface area (Å²) in [7, 11) is 0. The third kappa shape index (κ3) is 5.20. The number of aliphatic hydroxyl groups excluding tert-OH is 1. The standard InChI is InChI=1S/C13H22N2O2/c1-3-7-14-13(17)10(2)15-9-11-5-4-6-12(16)8-11/h1,10-12,15-16H,4-9H2,2H3,(H,14,17). The van der Waals surface area contributed by atoms with Crippen LogP contribution in [0.15, 0.2) is 0 Å². The molecule has 0 aromatic carbocycles. The van der Waals surface area contributed by atoms with Crippen molar-refractivity contribution >= 4 is 5.91 Å². The second kappa shape index (κ2) is 7.31. The fraction of sp³-hybridized carbons (Fsp3) is 0.769. The Morgan fingerprint density at radius 2 is 2.35 bits per heavy atom. The lowest BCUT2D eigenvalue weighted by molar-refractivity contribution is -0.122. The smallest absolute Gasteiger partial charge is 0.237 e. The molecular formula is C13H22N2O2. The van der Waals surface area contributed by atoms with Gasteiger partial charge in [-0.15, -0.1) is 6.42 Å². The van der Waals surface area contributed by atoms with Crippen molar-refractivity contribution < 1.29 is 9.90 Å². The zero-order valence-electron chi connectivity index (χ0n) is 10.4. The first kappa shape index (κ1) is 14.0. The Morgan fingerprint density at radius 3 is 3.00 bits per heavy atom. The molecule has 3 unspecified atom stereocenters. The zero-order chi connectivity index (χ0) is 12.7. The van der Waals surface area contributed by atoms with E-state index in [1.807, 2.05) is 6.92 Å². The highest BCUT2D eigenvalue weighted by atomic mass is 16.3. The number of rotatable bonds is 5. The number of hydrogen-bond acceptors (Lipinski definition) is 3. The Morgan fingerprint density at radius 1 is 1.59 bits per heavy atom.